The van der Waals surface area contributed by atoms with Gasteiger partial charge in [0.1, 0.15) is 23.5 Å². The van der Waals surface area contributed by atoms with Gasteiger partial charge in [0.05, 0.1) is 30.7 Å². The zero-order valence-electron chi connectivity index (χ0n) is 21.6. The molecule has 1 amide bonds. The van der Waals surface area contributed by atoms with E-state index in [0.29, 0.717) is 29.3 Å². The Hall–Kier alpha value is -4.33. The van der Waals surface area contributed by atoms with E-state index in [2.05, 4.69) is 0 Å². The Labute approximate surface area is 216 Å². The number of methoxy groups -OCH3 is 1. The highest BCUT2D eigenvalue weighted by molar-refractivity contribution is 6.00. The lowest BCUT2D eigenvalue weighted by Crippen LogP contribution is -2.34. The lowest BCUT2D eigenvalue weighted by molar-refractivity contribution is 0.0466. The largest absolute Gasteiger partial charge is 0.493 e. The minimum Gasteiger partial charge on any atom is -0.493 e. The summed E-state index contributed by atoms with van der Waals surface area (Å²) in [5.74, 6) is -0.770. The second kappa shape index (κ2) is 12.1. The van der Waals surface area contributed by atoms with Crippen LogP contribution in [0.3, 0.4) is 0 Å². The molecule has 0 bridgehead atoms. The molecule has 8 nitrogen and oxygen atoms in total. The molecule has 0 unspecified atom stereocenters. The molecule has 37 heavy (non-hydrogen) atoms. The zero-order chi connectivity index (χ0) is 27.0. The van der Waals surface area contributed by atoms with Crippen LogP contribution >= 0.6 is 0 Å². The third-order valence-electron chi connectivity index (χ3n) is 5.08. The van der Waals surface area contributed by atoms with Crippen molar-refractivity contribution in [3.05, 3.63) is 89.5 Å². The first kappa shape index (κ1) is 27.3. The Morgan fingerprint density at radius 3 is 2.08 bits per heavy atom. The van der Waals surface area contributed by atoms with Crippen LogP contribution in [0.4, 0.5) is 16.2 Å². The molecule has 0 aliphatic heterocycles. The van der Waals surface area contributed by atoms with E-state index in [4.69, 9.17) is 18.9 Å². The van der Waals surface area contributed by atoms with Crippen molar-refractivity contribution < 1.29 is 33.3 Å². The smallest absolute Gasteiger partial charge is 0.419 e. The van der Waals surface area contributed by atoms with E-state index in [0.717, 1.165) is 5.56 Å². The maximum Gasteiger partial charge on any atom is 0.419 e. The molecule has 3 rings (SSSR count). The summed E-state index contributed by atoms with van der Waals surface area (Å²) in [6.45, 7) is 7.50. The minimum absolute atomic E-state index is 0.0836. The van der Waals surface area contributed by atoms with Crippen LogP contribution in [-0.2, 0) is 20.8 Å². The molecule has 0 aromatic heterocycles. The van der Waals surface area contributed by atoms with Crippen LogP contribution in [0.15, 0.2) is 72.8 Å². The molecule has 0 radical (unpaired) electrons. The molecule has 0 spiro atoms. The first-order valence-electron chi connectivity index (χ1n) is 11.8. The van der Waals surface area contributed by atoms with E-state index in [1.807, 2.05) is 37.3 Å². The molecule has 0 heterocycles. The Bertz CT molecular complexity index is 1230. The molecule has 8 heteroatoms. The maximum absolute atomic E-state index is 13.3. The van der Waals surface area contributed by atoms with Crippen molar-refractivity contribution in [2.45, 2.75) is 39.9 Å². The molecule has 194 valence electrons. The Kier molecular flexibility index (Phi) is 8.90. The van der Waals surface area contributed by atoms with Crippen molar-refractivity contribution in [3.63, 3.8) is 0 Å². The van der Waals surface area contributed by atoms with Gasteiger partial charge in [-0.25, -0.2) is 19.3 Å². The van der Waals surface area contributed by atoms with E-state index in [9.17, 15) is 14.4 Å². The van der Waals surface area contributed by atoms with Gasteiger partial charge in [-0.05, 0) is 75.7 Å². The highest BCUT2D eigenvalue weighted by Gasteiger charge is 2.27. The lowest BCUT2D eigenvalue weighted by atomic mass is 10.1. The zero-order valence-corrected chi connectivity index (χ0v) is 21.6. The van der Waals surface area contributed by atoms with Crippen LogP contribution < -0.4 is 9.64 Å². The number of nitrogens with zero attached hydrogens (tertiary/aromatic N) is 1. The van der Waals surface area contributed by atoms with Crippen molar-refractivity contribution in [2.75, 3.05) is 18.6 Å². The first-order chi connectivity index (χ1) is 17.6. The van der Waals surface area contributed by atoms with Gasteiger partial charge in [-0.2, -0.15) is 0 Å². The molecule has 3 aromatic rings. The van der Waals surface area contributed by atoms with Crippen molar-refractivity contribution in [3.8, 4) is 5.75 Å². The third kappa shape index (κ3) is 7.33. The Balaban J connectivity index is 2.01. The van der Waals surface area contributed by atoms with Crippen molar-refractivity contribution >= 4 is 29.4 Å². The average molecular weight is 506 g/mol. The summed E-state index contributed by atoms with van der Waals surface area (Å²) in [6.07, 6.45) is -0.661. The van der Waals surface area contributed by atoms with Crippen LogP contribution in [0, 0.1) is 0 Å². The monoisotopic (exact) mass is 505 g/mol. The fraction of sp³-hybridized carbons (Fsp3) is 0.276. The molecule has 0 atom stereocenters. The van der Waals surface area contributed by atoms with Crippen LogP contribution in [0.5, 0.6) is 5.75 Å². The number of carbonyl (C=O) groups excluding carboxylic acids is 3. The molecule has 0 fully saturated rings. The molecule has 0 saturated heterocycles. The first-order valence-corrected chi connectivity index (χ1v) is 11.8. The second-order valence-corrected chi connectivity index (χ2v) is 9.03. The summed E-state index contributed by atoms with van der Waals surface area (Å²) < 4.78 is 21.6. The minimum atomic E-state index is -0.774. The number of anilines is 2. The Morgan fingerprint density at radius 2 is 1.49 bits per heavy atom. The number of benzene rings is 3. The number of rotatable bonds is 8. The lowest BCUT2D eigenvalue weighted by Gasteiger charge is -2.28. The van der Waals surface area contributed by atoms with Gasteiger partial charge < -0.3 is 18.9 Å². The van der Waals surface area contributed by atoms with Crippen LogP contribution in [-0.4, -0.2) is 37.3 Å². The van der Waals surface area contributed by atoms with E-state index < -0.39 is 23.6 Å². The molecular weight excluding hydrogens is 474 g/mol. The predicted molar refractivity (Wildman–Crippen MR) is 139 cm³/mol. The van der Waals surface area contributed by atoms with Gasteiger partial charge in [0, 0.05) is 0 Å². The van der Waals surface area contributed by atoms with Gasteiger partial charge in [0.2, 0.25) is 0 Å². The highest BCUT2D eigenvalue weighted by atomic mass is 16.6. The molecule has 0 N–H and O–H groups in total. The summed E-state index contributed by atoms with van der Waals surface area (Å²) in [4.78, 5) is 39.6. The van der Waals surface area contributed by atoms with Crippen LogP contribution in [0.1, 0.15) is 54.0 Å². The fourth-order valence-corrected chi connectivity index (χ4v) is 3.43. The molecule has 0 aliphatic carbocycles. The summed E-state index contributed by atoms with van der Waals surface area (Å²) in [5.41, 5.74) is 1.34. The number of ether oxygens (including phenoxy) is 4. The standard InChI is InChI=1S/C29H31NO7/c1-6-35-25-17-16-23(18-24(25)27(32)36-19-20-10-8-7-9-11-20)30(28(33)37-29(2,3)4)22-14-12-21(13-15-22)26(31)34-5/h7-18H,6,19H2,1-5H3. The second-order valence-electron chi connectivity index (χ2n) is 9.03. The van der Waals surface area contributed by atoms with Crippen molar-refractivity contribution in [2.24, 2.45) is 0 Å². The van der Waals surface area contributed by atoms with Gasteiger partial charge in [0.25, 0.3) is 0 Å². The SMILES string of the molecule is CCOc1ccc(N(C(=O)OC(C)(C)C)c2ccc(C(=O)OC)cc2)cc1C(=O)OCc1ccccc1. The van der Waals surface area contributed by atoms with Crippen LogP contribution in [0.2, 0.25) is 0 Å². The van der Waals surface area contributed by atoms with Gasteiger partial charge in [-0.1, -0.05) is 30.3 Å². The number of amides is 1. The normalized spacial score (nSPS) is 10.8. The van der Waals surface area contributed by atoms with E-state index in [-0.39, 0.29) is 12.2 Å². The van der Waals surface area contributed by atoms with Gasteiger partial charge in [-0.15, -0.1) is 0 Å². The topological polar surface area (TPSA) is 91.4 Å². The third-order valence-corrected chi connectivity index (χ3v) is 5.08. The van der Waals surface area contributed by atoms with Crippen molar-refractivity contribution in [1.82, 2.24) is 0 Å². The number of esters is 2. The maximum atomic E-state index is 13.3. The summed E-state index contributed by atoms with van der Waals surface area (Å²) >= 11 is 0. The van der Waals surface area contributed by atoms with E-state index >= 15 is 0 Å². The summed E-state index contributed by atoms with van der Waals surface area (Å²) in [6, 6.07) is 20.4. The number of hydrogen-bond donors (Lipinski definition) is 0. The molecular formula is C29H31NO7. The molecule has 3 aromatic carbocycles. The van der Waals surface area contributed by atoms with Gasteiger partial charge >= 0.3 is 18.0 Å². The molecule has 0 saturated carbocycles. The highest BCUT2D eigenvalue weighted by Crippen LogP contribution is 2.33. The summed E-state index contributed by atoms with van der Waals surface area (Å²) in [7, 11) is 1.29. The van der Waals surface area contributed by atoms with Crippen LogP contribution in [0.25, 0.3) is 0 Å². The number of hydrogen-bond acceptors (Lipinski definition) is 7. The quantitative estimate of drug-likeness (QED) is 0.262. The van der Waals surface area contributed by atoms with Gasteiger partial charge in [0.15, 0.2) is 0 Å². The van der Waals surface area contributed by atoms with Gasteiger partial charge in [-0.3, -0.25) is 0 Å². The number of carbonyl (C=O) groups is 3. The summed E-state index contributed by atoms with van der Waals surface area (Å²) in [5, 5.41) is 0. The van der Waals surface area contributed by atoms with E-state index in [1.54, 1.807) is 57.2 Å². The average Bonchev–Trinajstić information content (AvgIpc) is 2.88. The fourth-order valence-electron chi connectivity index (χ4n) is 3.43. The van der Waals surface area contributed by atoms with Crippen molar-refractivity contribution in [1.29, 1.82) is 0 Å². The Morgan fingerprint density at radius 1 is 0.838 bits per heavy atom. The van der Waals surface area contributed by atoms with E-state index in [1.165, 1.54) is 18.1 Å². The molecule has 0 aliphatic rings. The predicted octanol–water partition coefficient (Wildman–Crippen LogP) is 6.30.